The van der Waals surface area contributed by atoms with Gasteiger partial charge in [0.15, 0.2) is 4.80 Å². The minimum Gasteiger partial charge on any atom is -0.497 e. The third-order valence-electron chi connectivity index (χ3n) is 4.47. The van der Waals surface area contributed by atoms with Gasteiger partial charge < -0.3 is 14.0 Å². The van der Waals surface area contributed by atoms with Crippen molar-refractivity contribution in [1.82, 2.24) is 4.57 Å². The van der Waals surface area contributed by atoms with E-state index in [4.69, 9.17) is 9.47 Å². The van der Waals surface area contributed by atoms with E-state index in [-0.39, 0.29) is 5.91 Å². The number of carbonyl (C=O) groups is 1. The fourth-order valence-electron chi connectivity index (χ4n) is 2.84. The van der Waals surface area contributed by atoms with Crippen molar-refractivity contribution >= 4 is 39.2 Å². The number of methoxy groups -OCH3 is 1. The molecule has 5 nitrogen and oxygen atoms in total. The summed E-state index contributed by atoms with van der Waals surface area (Å²) in [5, 5.41) is 0. The van der Waals surface area contributed by atoms with Crippen LogP contribution in [0, 0.1) is 0 Å². The molecule has 0 unspecified atom stereocenters. The summed E-state index contributed by atoms with van der Waals surface area (Å²) in [6.45, 7) is 3.61. The third kappa shape index (κ3) is 5.42. The van der Waals surface area contributed by atoms with Gasteiger partial charge >= 0.3 is 0 Å². The summed E-state index contributed by atoms with van der Waals surface area (Å²) < 4.78 is 14.2. The lowest BCUT2D eigenvalue weighted by Crippen LogP contribution is -2.18. The van der Waals surface area contributed by atoms with Crippen molar-refractivity contribution in [1.29, 1.82) is 0 Å². The molecule has 154 valence electrons. The molecule has 0 saturated heterocycles. The van der Waals surface area contributed by atoms with Gasteiger partial charge in [-0.1, -0.05) is 24.7 Å². The number of benzene rings is 2. The molecule has 0 radical (unpaired) electrons. The van der Waals surface area contributed by atoms with Crippen molar-refractivity contribution < 1.29 is 14.3 Å². The molecule has 0 N–H and O–H groups in total. The molecule has 2 aromatic carbocycles. The smallest absolute Gasteiger partial charge is 0.279 e. The molecule has 29 heavy (non-hydrogen) atoms. The van der Waals surface area contributed by atoms with Crippen LogP contribution < -0.4 is 14.3 Å². The van der Waals surface area contributed by atoms with Crippen LogP contribution in [-0.4, -0.2) is 36.2 Å². The first-order valence-electron chi connectivity index (χ1n) is 9.64. The number of ether oxygens (including phenoxy) is 2. The summed E-state index contributed by atoms with van der Waals surface area (Å²) in [5.41, 5.74) is 1.62. The van der Waals surface area contributed by atoms with E-state index in [2.05, 4.69) is 22.7 Å². The first-order chi connectivity index (χ1) is 14.2. The molecule has 7 heteroatoms. The standard InChI is InChI=1S/C22H26N2O3S2/c1-4-5-13-27-17-8-6-16(7-9-17)21(25)23-22-24(12-14-28-3)19-11-10-18(26-2)15-20(19)29-22/h6-11,15H,4-5,12-14H2,1-3H3. The largest absolute Gasteiger partial charge is 0.497 e. The lowest BCUT2D eigenvalue weighted by atomic mass is 10.2. The Labute approximate surface area is 179 Å². The lowest BCUT2D eigenvalue weighted by Gasteiger charge is -2.06. The van der Waals surface area contributed by atoms with Gasteiger partial charge in [0.2, 0.25) is 0 Å². The van der Waals surface area contributed by atoms with Crippen LogP contribution in [0.15, 0.2) is 47.5 Å². The maximum atomic E-state index is 12.8. The van der Waals surface area contributed by atoms with Crippen molar-refractivity contribution in [2.75, 3.05) is 25.7 Å². The van der Waals surface area contributed by atoms with Gasteiger partial charge in [0.05, 0.1) is 23.9 Å². The number of carbonyl (C=O) groups excluding carboxylic acids is 1. The molecule has 3 rings (SSSR count). The predicted octanol–water partition coefficient (Wildman–Crippen LogP) is 4.99. The average Bonchev–Trinajstić information content (AvgIpc) is 3.08. The molecule has 0 aliphatic rings. The van der Waals surface area contributed by atoms with Gasteiger partial charge in [-0.2, -0.15) is 16.8 Å². The highest BCUT2D eigenvalue weighted by molar-refractivity contribution is 7.98. The SMILES string of the molecule is CCCCOc1ccc(C(=O)N=c2sc3cc(OC)ccc3n2CCSC)cc1. The molecule has 0 aliphatic carbocycles. The maximum absolute atomic E-state index is 12.8. The predicted molar refractivity (Wildman–Crippen MR) is 121 cm³/mol. The van der Waals surface area contributed by atoms with E-state index in [1.165, 1.54) is 11.3 Å². The van der Waals surface area contributed by atoms with Gasteiger partial charge in [-0.15, -0.1) is 0 Å². The monoisotopic (exact) mass is 430 g/mol. The van der Waals surface area contributed by atoms with E-state index >= 15 is 0 Å². The maximum Gasteiger partial charge on any atom is 0.279 e. The molecule has 0 spiro atoms. The van der Waals surface area contributed by atoms with Gasteiger partial charge in [0, 0.05) is 17.9 Å². The minimum atomic E-state index is -0.249. The molecule has 1 amide bonds. The normalized spacial score (nSPS) is 11.8. The van der Waals surface area contributed by atoms with Crippen molar-refractivity contribution in [2.24, 2.45) is 4.99 Å². The number of fused-ring (bicyclic) bond motifs is 1. The average molecular weight is 431 g/mol. The Morgan fingerprint density at radius 3 is 2.62 bits per heavy atom. The Morgan fingerprint density at radius 1 is 1.17 bits per heavy atom. The van der Waals surface area contributed by atoms with Gasteiger partial charge in [0.25, 0.3) is 5.91 Å². The molecule has 0 atom stereocenters. The summed E-state index contributed by atoms with van der Waals surface area (Å²) in [6, 6.07) is 13.2. The van der Waals surface area contributed by atoms with E-state index < -0.39 is 0 Å². The van der Waals surface area contributed by atoms with E-state index in [0.717, 1.165) is 46.9 Å². The van der Waals surface area contributed by atoms with E-state index in [9.17, 15) is 4.79 Å². The Balaban J connectivity index is 1.90. The number of rotatable bonds is 9. The Bertz CT molecular complexity index is 1020. The quantitative estimate of drug-likeness (QED) is 0.449. The first kappa shape index (κ1) is 21.5. The van der Waals surface area contributed by atoms with Gasteiger partial charge in [-0.3, -0.25) is 4.79 Å². The van der Waals surface area contributed by atoms with E-state index in [1.54, 1.807) is 31.0 Å². The zero-order chi connectivity index (χ0) is 20.6. The summed E-state index contributed by atoms with van der Waals surface area (Å²) in [5.74, 6) is 2.27. The van der Waals surface area contributed by atoms with Crippen LogP contribution in [0.1, 0.15) is 30.1 Å². The van der Waals surface area contributed by atoms with Gasteiger partial charge in [0.1, 0.15) is 11.5 Å². The third-order valence-corrected chi connectivity index (χ3v) is 6.11. The molecule has 0 bridgehead atoms. The van der Waals surface area contributed by atoms with Gasteiger partial charge in [-0.25, -0.2) is 0 Å². The second-order valence-electron chi connectivity index (χ2n) is 6.51. The van der Waals surface area contributed by atoms with E-state index in [0.29, 0.717) is 17.0 Å². The van der Waals surface area contributed by atoms with Crippen molar-refractivity contribution in [3.05, 3.63) is 52.8 Å². The number of aryl methyl sites for hydroxylation is 1. The fourth-order valence-corrected chi connectivity index (χ4v) is 4.29. The number of aromatic nitrogens is 1. The second kappa shape index (κ2) is 10.5. The molecular weight excluding hydrogens is 404 g/mol. The van der Waals surface area contributed by atoms with E-state index in [1.807, 2.05) is 30.3 Å². The van der Waals surface area contributed by atoms with Gasteiger partial charge in [-0.05, 0) is 55.1 Å². The Hall–Kier alpha value is -2.25. The summed E-state index contributed by atoms with van der Waals surface area (Å²) in [7, 11) is 1.65. The van der Waals surface area contributed by atoms with Crippen LogP contribution in [0.2, 0.25) is 0 Å². The molecule has 0 aliphatic heterocycles. The molecule has 0 saturated carbocycles. The highest BCUT2D eigenvalue weighted by atomic mass is 32.2. The molecule has 0 fully saturated rings. The number of nitrogens with zero attached hydrogens (tertiary/aromatic N) is 2. The molecular formula is C22H26N2O3S2. The Kier molecular flexibility index (Phi) is 7.77. The molecule has 3 aromatic rings. The van der Waals surface area contributed by atoms with Crippen LogP contribution >= 0.6 is 23.1 Å². The first-order valence-corrected chi connectivity index (χ1v) is 11.9. The fraction of sp³-hybridized carbons (Fsp3) is 0.364. The number of thioether (sulfide) groups is 1. The molecule has 1 heterocycles. The van der Waals surface area contributed by atoms with Crippen molar-refractivity contribution in [2.45, 2.75) is 26.3 Å². The zero-order valence-electron chi connectivity index (χ0n) is 17.0. The number of hydrogen-bond acceptors (Lipinski definition) is 5. The number of amides is 1. The Morgan fingerprint density at radius 2 is 1.93 bits per heavy atom. The van der Waals surface area contributed by atoms with Crippen LogP contribution in [0.25, 0.3) is 10.2 Å². The van der Waals surface area contributed by atoms with Crippen LogP contribution in [0.5, 0.6) is 11.5 Å². The number of hydrogen-bond donors (Lipinski definition) is 0. The second-order valence-corrected chi connectivity index (χ2v) is 8.50. The minimum absolute atomic E-state index is 0.249. The highest BCUT2D eigenvalue weighted by Gasteiger charge is 2.10. The van der Waals surface area contributed by atoms with Crippen LogP contribution in [-0.2, 0) is 6.54 Å². The topological polar surface area (TPSA) is 52.8 Å². The summed E-state index contributed by atoms with van der Waals surface area (Å²) in [6.07, 6.45) is 4.18. The van der Waals surface area contributed by atoms with Crippen LogP contribution in [0.4, 0.5) is 0 Å². The lowest BCUT2D eigenvalue weighted by molar-refractivity contribution is 0.0998. The van der Waals surface area contributed by atoms with Crippen molar-refractivity contribution in [3.63, 3.8) is 0 Å². The number of unbranched alkanes of at least 4 members (excludes halogenated alkanes) is 1. The number of thiazole rings is 1. The van der Waals surface area contributed by atoms with Crippen molar-refractivity contribution in [3.8, 4) is 11.5 Å². The van der Waals surface area contributed by atoms with Crippen LogP contribution in [0.3, 0.4) is 0 Å². The summed E-state index contributed by atoms with van der Waals surface area (Å²) in [4.78, 5) is 17.9. The molecule has 1 aromatic heterocycles. The summed E-state index contributed by atoms with van der Waals surface area (Å²) >= 11 is 3.27. The zero-order valence-corrected chi connectivity index (χ0v) is 18.6. The highest BCUT2D eigenvalue weighted by Crippen LogP contribution is 2.23.